The van der Waals surface area contributed by atoms with Gasteiger partial charge in [0.25, 0.3) is 0 Å². The number of nitrogens with one attached hydrogen (secondary N) is 2. The van der Waals surface area contributed by atoms with Crippen molar-refractivity contribution in [3.63, 3.8) is 0 Å². The highest BCUT2D eigenvalue weighted by Gasteiger charge is 2.36. The molecule has 2 heterocycles. The highest BCUT2D eigenvalue weighted by molar-refractivity contribution is 5.33. The molecule has 0 spiro atoms. The zero-order valence-electron chi connectivity index (χ0n) is 16.4. The fourth-order valence-electron chi connectivity index (χ4n) is 4.66. The zero-order valence-corrected chi connectivity index (χ0v) is 16.4. The van der Waals surface area contributed by atoms with Crippen LogP contribution in [0.3, 0.4) is 0 Å². The van der Waals surface area contributed by atoms with Gasteiger partial charge >= 0.3 is 0 Å². The molecular formula is C23H31N3O. The van der Waals surface area contributed by atoms with Gasteiger partial charge in [0.2, 0.25) is 0 Å². The van der Waals surface area contributed by atoms with E-state index in [1.807, 2.05) is 6.07 Å². The zero-order chi connectivity index (χ0) is 18.6. The summed E-state index contributed by atoms with van der Waals surface area (Å²) >= 11 is 0. The molecule has 0 aliphatic carbocycles. The van der Waals surface area contributed by atoms with Crippen molar-refractivity contribution >= 4 is 0 Å². The highest BCUT2D eigenvalue weighted by Crippen LogP contribution is 2.33. The van der Waals surface area contributed by atoms with Gasteiger partial charge < -0.3 is 4.74 Å². The van der Waals surface area contributed by atoms with Crippen molar-refractivity contribution in [2.45, 2.75) is 38.3 Å². The van der Waals surface area contributed by atoms with E-state index in [4.69, 9.17) is 4.74 Å². The van der Waals surface area contributed by atoms with E-state index in [-0.39, 0.29) is 0 Å². The molecule has 4 nitrogen and oxygen atoms in total. The Bertz CT molecular complexity index is 755. The Hall–Kier alpha value is -1.88. The van der Waals surface area contributed by atoms with Crippen molar-refractivity contribution in [2.24, 2.45) is 5.92 Å². The van der Waals surface area contributed by atoms with Gasteiger partial charge in [0.05, 0.1) is 7.11 Å². The van der Waals surface area contributed by atoms with Gasteiger partial charge in [-0.15, -0.1) is 0 Å². The first-order chi connectivity index (χ1) is 13.2. The summed E-state index contributed by atoms with van der Waals surface area (Å²) in [6.45, 7) is 6.65. The van der Waals surface area contributed by atoms with E-state index < -0.39 is 0 Å². The molecule has 2 aliphatic rings. The van der Waals surface area contributed by atoms with E-state index in [0.29, 0.717) is 17.9 Å². The van der Waals surface area contributed by atoms with Crippen molar-refractivity contribution in [3.05, 3.63) is 65.2 Å². The van der Waals surface area contributed by atoms with Gasteiger partial charge in [0.15, 0.2) is 0 Å². The monoisotopic (exact) mass is 365 g/mol. The van der Waals surface area contributed by atoms with Crippen LogP contribution >= 0.6 is 0 Å². The van der Waals surface area contributed by atoms with Crippen LogP contribution in [0.2, 0.25) is 0 Å². The Labute approximate surface area is 162 Å². The van der Waals surface area contributed by atoms with Crippen LogP contribution in [0.1, 0.15) is 35.4 Å². The van der Waals surface area contributed by atoms with Gasteiger partial charge in [0, 0.05) is 25.0 Å². The highest BCUT2D eigenvalue weighted by atomic mass is 16.5. The molecule has 2 atom stereocenters. The fourth-order valence-corrected chi connectivity index (χ4v) is 4.66. The van der Waals surface area contributed by atoms with Gasteiger partial charge in [-0.2, -0.15) is 0 Å². The predicted octanol–water partition coefficient (Wildman–Crippen LogP) is 3.48. The number of hydrogen-bond donors (Lipinski definition) is 2. The summed E-state index contributed by atoms with van der Waals surface area (Å²) in [5, 5.41) is 0. The second-order valence-corrected chi connectivity index (χ2v) is 7.97. The van der Waals surface area contributed by atoms with E-state index in [1.54, 1.807) is 7.11 Å². The lowest BCUT2D eigenvalue weighted by Crippen LogP contribution is -2.44. The van der Waals surface area contributed by atoms with E-state index in [0.717, 1.165) is 18.8 Å². The van der Waals surface area contributed by atoms with Gasteiger partial charge in [-0.25, -0.2) is 0 Å². The summed E-state index contributed by atoms with van der Waals surface area (Å²) < 4.78 is 5.43. The maximum atomic E-state index is 5.43. The van der Waals surface area contributed by atoms with Crippen LogP contribution in [-0.2, 0) is 6.54 Å². The minimum atomic E-state index is 0.498. The molecule has 2 fully saturated rings. The smallest absolute Gasteiger partial charge is 0.119 e. The second-order valence-electron chi connectivity index (χ2n) is 7.97. The average Bonchev–Trinajstić information content (AvgIpc) is 3.20. The van der Waals surface area contributed by atoms with E-state index >= 15 is 0 Å². The molecule has 2 aromatic carbocycles. The largest absolute Gasteiger partial charge is 0.497 e. The summed E-state index contributed by atoms with van der Waals surface area (Å²) in [6.07, 6.45) is 2.51. The molecular weight excluding hydrogens is 334 g/mol. The molecule has 2 unspecified atom stereocenters. The van der Waals surface area contributed by atoms with E-state index in [2.05, 4.69) is 65.1 Å². The molecule has 0 radical (unpaired) electrons. The molecule has 2 aliphatic heterocycles. The number of benzene rings is 2. The van der Waals surface area contributed by atoms with Crippen LogP contribution in [0.25, 0.3) is 0 Å². The Balaban J connectivity index is 1.38. The Morgan fingerprint density at radius 2 is 1.89 bits per heavy atom. The number of hydrazine groups is 1. The summed E-state index contributed by atoms with van der Waals surface area (Å²) in [6, 6.07) is 17.8. The van der Waals surface area contributed by atoms with Crippen LogP contribution in [0.4, 0.5) is 0 Å². The fraction of sp³-hybridized carbons (Fsp3) is 0.478. The number of methoxy groups -OCH3 is 1. The van der Waals surface area contributed by atoms with Gasteiger partial charge in [-0.05, 0) is 67.6 Å². The molecule has 2 aromatic rings. The van der Waals surface area contributed by atoms with Crippen molar-refractivity contribution < 1.29 is 4.74 Å². The average molecular weight is 366 g/mol. The second kappa shape index (κ2) is 8.42. The molecule has 4 heteroatoms. The van der Waals surface area contributed by atoms with Crippen LogP contribution in [0.15, 0.2) is 48.5 Å². The first kappa shape index (κ1) is 18.5. The molecule has 2 saturated heterocycles. The third-order valence-corrected chi connectivity index (χ3v) is 6.34. The lowest BCUT2D eigenvalue weighted by molar-refractivity contribution is 0.151. The van der Waals surface area contributed by atoms with Crippen molar-refractivity contribution in [1.29, 1.82) is 0 Å². The van der Waals surface area contributed by atoms with Gasteiger partial charge in [-0.1, -0.05) is 36.4 Å². The lowest BCUT2D eigenvalue weighted by atomic mass is 9.80. The standard InChI is InChI=1S/C23H31N3O/c1-17-6-3-4-7-20(17)16-26-12-10-18(11-13-26)23-22(15-24-25-23)19-8-5-9-21(14-19)27-2/h3-9,14,18,22-25H,10-13,15-16H2,1-2H3. The van der Waals surface area contributed by atoms with Crippen LogP contribution in [0.5, 0.6) is 5.75 Å². The van der Waals surface area contributed by atoms with Gasteiger partial charge in [0.1, 0.15) is 5.75 Å². The number of ether oxygens (including phenoxy) is 1. The number of hydrogen-bond acceptors (Lipinski definition) is 4. The number of nitrogens with zero attached hydrogens (tertiary/aromatic N) is 1. The Morgan fingerprint density at radius 3 is 2.67 bits per heavy atom. The minimum Gasteiger partial charge on any atom is -0.497 e. The van der Waals surface area contributed by atoms with Crippen LogP contribution in [0, 0.1) is 12.8 Å². The third-order valence-electron chi connectivity index (χ3n) is 6.34. The first-order valence-electron chi connectivity index (χ1n) is 10.1. The predicted molar refractivity (Wildman–Crippen MR) is 110 cm³/mol. The first-order valence-corrected chi connectivity index (χ1v) is 10.1. The SMILES string of the molecule is COc1cccc(C2CNNC2C2CCN(Cc3ccccc3C)CC2)c1. The molecule has 4 rings (SSSR count). The topological polar surface area (TPSA) is 36.5 Å². The van der Waals surface area contributed by atoms with E-state index in [9.17, 15) is 0 Å². The minimum absolute atomic E-state index is 0.498. The number of rotatable bonds is 5. The Morgan fingerprint density at radius 1 is 1.07 bits per heavy atom. The van der Waals surface area contributed by atoms with Crippen molar-refractivity contribution in [2.75, 3.05) is 26.7 Å². The normalized spacial score (nSPS) is 24.2. The number of likely N-dealkylation sites (tertiary alicyclic amines) is 1. The maximum Gasteiger partial charge on any atom is 0.119 e. The molecule has 0 bridgehead atoms. The summed E-state index contributed by atoms with van der Waals surface area (Å²) in [5.74, 6) is 2.17. The molecule has 0 amide bonds. The lowest BCUT2D eigenvalue weighted by Gasteiger charge is -2.36. The quantitative estimate of drug-likeness (QED) is 0.851. The summed E-state index contributed by atoms with van der Waals surface area (Å²) in [5.41, 5.74) is 11.2. The summed E-state index contributed by atoms with van der Waals surface area (Å²) in [7, 11) is 1.74. The van der Waals surface area contributed by atoms with Crippen molar-refractivity contribution in [1.82, 2.24) is 15.8 Å². The van der Waals surface area contributed by atoms with Crippen LogP contribution < -0.4 is 15.6 Å². The molecule has 27 heavy (non-hydrogen) atoms. The van der Waals surface area contributed by atoms with E-state index in [1.165, 1.54) is 42.6 Å². The molecule has 0 aromatic heterocycles. The van der Waals surface area contributed by atoms with Crippen LogP contribution in [-0.4, -0.2) is 37.7 Å². The molecule has 144 valence electrons. The number of piperidine rings is 1. The maximum absolute atomic E-state index is 5.43. The molecule has 0 saturated carbocycles. The van der Waals surface area contributed by atoms with Crippen molar-refractivity contribution in [3.8, 4) is 5.75 Å². The number of aryl methyl sites for hydroxylation is 1. The third kappa shape index (κ3) is 4.18. The molecule has 2 N–H and O–H groups in total. The summed E-state index contributed by atoms with van der Waals surface area (Å²) in [4.78, 5) is 2.61. The Kier molecular flexibility index (Phi) is 5.77. The van der Waals surface area contributed by atoms with Gasteiger partial charge in [-0.3, -0.25) is 15.8 Å².